The van der Waals surface area contributed by atoms with Gasteiger partial charge in [-0.05, 0) is 11.1 Å². The third-order valence-electron chi connectivity index (χ3n) is 12.8. The molecule has 0 saturated carbocycles. The van der Waals surface area contributed by atoms with Crippen molar-refractivity contribution in [3.63, 3.8) is 0 Å². The Morgan fingerprint density at radius 2 is 0.814 bits per heavy atom. The molecule has 0 spiro atoms. The Labute approximate surface area is 358 Å². The molecule has 2 aliphatic heterocycles. The fourth-order valence-corrected chi connectivity index (χ4v) is 12.3. The molecule has 0 fully saturated rings. The zero-order chi connectivity index (χ0) is 38.8. The number of benzene rings is 7. The Morgan fingerprint density at radius 3 is 1.37 bits per heavy atom. The molecule has 4 aliphatic carbocycles. The molecule has 0 bridgehead atoms. The zero-order valence-corrected chi connectivity index (χ0v) is 35.0. The molecule has 13 rings (SSSR count). The van der Waals surface area contributed by atoms with Crippen LogP contribution in [0.3, 0.4) is 0 Å². The van der Waals surface area contributed by atoms with Crippen molar-refractivity contribution in [3.8, 4) is 87.9 Å². The second-order valence-electron chi connectivity index (χ2n) is 15.8. The van der Waals surface area contributed by atoms with Gasteiger partial charge >= 0.3 is 301 Å². The van der Waals surface area contributed by atoms with E-state index in [0.29, 0.717) is 0 Å². The minimum atomic E-state index is 0.978. The molecule has 5 heteroatoms. The number of hydrogen-bond donors (Lipinski definition) is 0. The van der Waals surface area contributed by atoms with Gasteiger partial charge in [0.2, 0.25) is 0 Å². The molecule has 6 aliphatic rings. The van der Waals surface area contributed by atoms with Crippen LogP contribution in [-0.2, 0) is 12.8 Å². The molecule has 7 aromatic carbocycles. The van der Waals surface area contributed by atoms with Gasteiger partial charge in [-0.2, -0.15) is 0 Å². The van der Waals surface area contributed by atoms with E-state index >= 15 is 0 Å². The number of hydrogen-bond acceptors (Lipinski definition) is 4. The molecule has 0 saturated heterocycles. The van der Waals surface area contributed by atoms with E-state index in [-0.39, 0.29) is 0 Å². The summed E-state index contributed by atoms with van der Waals surface area (Å²) in [5, 5.41) is 5.31. The standard InChI is InChI=1S/C54H31N2S2Se/c59-53-19-9-18-41(34-14-5-6-15-39(34)49-26-47-37-22-20-35-32-12-3-1-10-30(32)24-43(35)45(37)28-51(47)57-55-49)54(53)42-17-8-7-16-40(42)50-27-48-38-23-21-36-33-13-4-2-11-31(33)25-44(36)46(38)29-52(48)58-56-50/h1-23,26-29H,24-25H2. The molecule has 7 aromatic rings. The van der Waals surface area contributed by atoms with Crippen molar-refractivity contribution < 1.29 is 0 Å². The van der Waals surface area contributed by atoms with Crippen LogP contribution in [0, 0.1) is 0 Å². The first kappa shape index (κ1) is 33.7. The van der Waals surface area contributed by atoms with Crippen molar-refractivity contribution in [2.75, 3.05) is 0 Å². The van der Waals surface area contributed by atoms with Crippen molar-refractivity contribution in [1.82, 2.24) is 8.75 Å². The fraction of sp³-hybridized carbons (Fsp3) is 0.0370. The van der Waals surface area contributed by atoms with Gasteiger partial charge in [0.25, 0.3) is 0 Å². The monoisotopic (exact) mass is 851 g/mol. The molecule has 0 amide bonds. The van der Waals surface area contributed by atoms with E-state index < -0.39 is 0 Å². The Morgan fingerprint density at radius 1 is 0.356 bits per heavy atom. The van der Waals surface area contributed by atoms with Gasteiger partial charge in [-0.25, -0.2) is 0 Å². The number of aromatic nitrogens is 2. The van der Waals surface area contributed by atoms with Crippen LogP contribution in [0.5, 0.6) is 0 Å². The second-order valence-corrected chi connectivity index (χ2v) is 18.3. The van der Waals surface area contributed by atoms with Gasteiger partial charge in [0.05, 0.1) is 0 Å². The number of rotatable bonds is 4. The van der Waals surface area contributed by atoms with Crippen LogP contribution in [0.25, 0.3) is 109 Å². The van der Waals surface area contributed by atoms with Crippen LogP contribution in [-0.4, -0.2) is 24.8 Å². The summed E-state index contributed by atoms with van der Waals surface area (Å²) in [6.45, 7) is 0. The Balaban J connectivity index is 0.934. The summed E-state index contributed by atoms with van der Waals surface area (Å²) in [6.07, 6.45) is 1.96. The SMILES string of the molecule is [Se]c1cccc(-c2ccccc2-c2cc3c4ccc5c(c4cc-3sn2)Cc2ccccc2-5)c1-c1ccccc1-c1cc2c3ccc4c(c3cc-2sn1)Cc1ccccc1-4. The molecule has 1 radical (unpaired) electrons. The molecule has 0 N–H and O–H groups in total. The van der Waals surface area contributed by atoms with Gasteiger partial charge in [0, 0.05) is 0 Å². The summed E-state index contributed by atoms with van der Waals surface area (Å²) in [4.78, 5) is 2.45. The molecule has 0 aromatic heterocycles. The Hall–Kier alpha value is -6.20. The summed E-state index contributed by atoms with van der Waals surface area (Å²) >= 11 is 6.64. The average Bonchev–Trinajstić information content (AvgIpc) is 4.06. The van der Waals surface area contributed by atoms with Gasteiger partial charge in [0.15, 0.2) is 0 Å². The third-order valence-corrected chi connectivity index (χ3v) is 15.1. The first-order chi connectivity index (χ1) is 29.2. The molecule has 0 unspecified atom stereocenters. The van der Waals surface area contributed by atoms with Gasteiger partial charge in [0.1, 0.15) is 0 Å². The molecule has 2 nitrogen and oxygen atoms in total. The van der Waals surface area contributed by atoms with Crippen LogP contribution < -0.4 is 4.46 Å². The van der Waals surface area contributed by atoms with E-state index in [4.69, 9.17) is 8.75 Å². The molecule has 59 heavy (non-hydrogen) atoms. The van der Waals surface area contributed by atoms with E-state index in [1.165, 1.54) is 92.5 Å². The minimum Gasteiger partial charge on any atom is -0.0619 e. The predicted octanol–water partition coefficient (Wildman–Crippen LogP) is 13.7. The third kappa shape index (κ3) is 5.03. The topological polar surface area (TPSA) is 25.8 Å². The van der Waals surface area contributed by atoms with Gasteiger partial charge < -0.3 is 0 Å². The van der Waals surface area contributed by atoms with Crippen LogP contribution in [0.4, 0.5) is 0 Å². The summed E-state index contributed by atoms with van der Waals surface area (Å²) in [7, 11) is 0. The van der Waals surface area contributed by atoms with Crippen LogP contribution in [0.15, 0.2) is 164 Å². The summed E-state index contributed by atoms with van der Waals surface area (Å²) < 4.78 is 11.5. The molecule has 275 valence electrons. The number of fused-ring (bicyclic) bond motifs is 14. The molecular weight excluding hydrogens is 820 g/mol. The van der Waals surface area contributed by atoms with E-state index in [0.717, 1.165) is 56.5 Å². The first-order valence-corrected chi connectivity index (χ1v) is 22.4. The maximum atomic E-state index is 5.19. The van der Waals surface area contributed by atoms with Gasteiger partial charge in [-0.1, -0.05) is 48.5 Å². The van der Waals surface area contributed by atoms with Gasteiger partial charge in [-0.3, -0.25) is 0 Å². The predicted molar refractivity (Wildman–Crippen MR) is 250 cm³/mol. The van der Waals surface area contributed by atoms with E-state index in [1.807, 2.05) is 0 Å². The average molecular weight is 851 g/mol. The minimum absolute atomic E-state index is 0.978. The maximum absolute atomic E-state index is 5.19. The van der Waals surface area contributed by atoms with Crippen molar-refractivity contribution in [3.05, 3.63) is 186 Å². The summed E-state index contributed by atoms with van der Waals surface area (Å²) in [5.74, 6) is 0. The fourth-order valence-electron chi connectivity index (χ4n) is 10.1. The molecule has 0 atom stereocenters. The zero-order valence-electron chi connectivity index (χ0n) is 31.6. The van der Waals surface area contributed by atoms with Crippen molar-refractivity contribution in [2.24, 2.45) is 0 Å². The Kier molecular flexibility index (Phi) is 7.38. The van der Waals surface area contributed by atoms with E-state index in [9.17, 15) is 0 Å². The van der Waals surface area contributed by atoms with Crippen molar-refractivity contribution in [2.45, 2.75) is 12.8 Å². The second kappa shape index (κ2) is 12.9. The van der Waals surface area contributed by atoms with Crippen LogP contribution >= 0.6 is 23.1 Å². The Bertz CT molecular complexity index is 3480. The van der Waals surface area contributed by atoms with Crippen LogP contribution in [0.1, 0.15) is 22.3 Å². The van der Waals surface area contributed by atoms with Crippen LogP contribution in [0.2, 0.25) is 0 Å². The quantitative estimate of drug-likeness (QED) is 0.165. The number of nitrogens with zero attached hydrogens (tertiary/aromatic N) is 2. The molecule has 2 heterocycles. The first-order valence-electron chi connectivity index (χ1n) is 20.0. The summed E-state index contributed by atoms with van der Waals surface area (Å²) in [5.41, 5.74) is 22.6. The normalized spacial score (nSPS) is 12.7. The smallest absolute Gasteiger partial charge is 0.0619 e. The van der Waals surface area contributed by atoms with E-state index in [2.05, 4.69) is 180 Å². The van der Waals surface area contributed by atoms with Crippen molar-refractivity contribution in [1.29, 1.82) is 0 Å². The molecular formula is C54H31N2S2Se. The van der Waals surface area contributed by atoms with Crippen molar-refractivity contribution >= 4 is 65.1 Å². The summed E-state index contributed by atoms with van der Waals surface area (Å²) in [6, 6.07) is 60.4. The van der Waals surface area contributed by atoms with Gasteiger partial charge in [-0.15, -0.1) is 0 Å². The van der Waals surface area contributed by atoms with E-state index in [1.54, 1.807) is 23.1 Å².